The van der Waals surface area contributed by atoms with E-state index in [2.05, 4.69) is 15.9 Å². The average Bonchev–Trinajstić information content (AvgIpc) is 2.80. The van der Waals surface area contributed by atoms with Gasteiger partial charge in [0.2, 0.25) is 0 Å². The van der Waals surface area contributed by atoms with E-state index in [1.807, 2.05) is 0 Å². The third kappa shape index (κ3) is 2.49. The van der Waals surface area contributed by atoms with Gasteiger partial charge >= 0.3 is 0 Å². The highest BCUT2D eigenvalue weighted by atomic mass is 79.9. The summed E-state index contributed by atoms with van der Waals surface area (Å²) in [5, 5.41) is 0.711. The molecule has 0 spiro atoms. The zero-order valence-electron chi connectivity index (χ0n) is 9.13. The number of hydrogen-bond acceptors (Lipinski definition) is 1. The third-order valence-corrected chi connectivity index (χ3v) is 3.73. The van der Waals surface area contributed by atoms with Gasteiger partial charge in [0.05, 0.1) is 0 Å². The molecule has 0 aliphatic carbocycles. The molecule has 0 N–H and O–H groups in total. The van der Waals surface area contributed by atoms with E-state index >= 15 is 0 Å². The summed E-state index contributed by atoms with van der Waals surface area (Å²) in [5.41, 5.74) is 0.205. The van der Waals surface area contributed by atoms with Gasteiger partial charge in [-0.25, -0.2) is 8.78 Å². The van der Waals surface area contributed by atoms with Crippen molar-refractivity contribution in [1.82, 2.24) is 4.90 Å². The molecule has 1 aliphatic heterocycles. The topological polar surface area (TPSA) is 20.3 Å². The predicted molar refractivity (Wildman–Crippen MR) is 64.2 cm³/mol. The van der Waals surface area contributed by atoms with Gasteiger partial charge in [0.25, 0.3) is 5.91 Å². The van der Waals surface area contributed by atoms with Gasteiger partial charge in [0.15, 0.2) is 11.6 Å². The summed E-state index contributed by atoms with van der Waals surface area (Å²) in [6.45, 7) is 0.675. The molecule has 1 amide bonds. The van der Waals surface area contributed by atoms with Gasteiger partial charge in [-0.05, 0) is 31.0 Å². The maximum absolute atomic E-state index is 13.1. The second kappa shape index (κ2) is 5.12. The molecule has 2 rings (SSSR count). The Balaban J connectivity index is 2.21. The summed E-state index contributed by atoms with van der Waals surface area (Å²) in [7, 11) is 0. The summed E-state index contributed by atoms with van der Waals surface area (Å²) < 4.78 is 25.8. The highest BCUT2D eigenvalue weighted by molar-refractivity contribution is 9.09. The van der Waals surface area contributed by atoms with Crippen molar-refractivity contribution in [3.05, 3.63) is 35.4 Å². The number of benzene rings is 1. The quantitative estimate of drug-likeness (QED) is 0.769. The molecule has 5 heteroatoms. The number of hydrogen-bond donors (Lipinski definition) is 0. The van der Waals surface area contributed by atoms with Crippen molar-refractivity contribution in [2.75, 3.05) is 11.9 Å². The van der Waals surface area contributed by atoms with Crippen LogP contribution in [0.3, 0.4) is 0 Å². The van der Waals surface area contributed by atoms with E-state index in [1.54, 1.807) is 4.90 Å². The van der Waals surface area contributed by atoms with E-state index in [1.165, 1.54) is 6.07 Å². The van der Waals surface area contributed by atoms with Crippen molar-refractivity contribution in [3.8, 4) is 0 Å². The molecule has 1 aromatic carbocycles. The summed E-state index contributed by atoms with van der Waals surface area (Å²) in [6.07, 6.45) is 1.90. The summed E-state index contributed by atoms with van der Waals surface area (Å²) >= 11 is 3.36. The Morgan fingerprint density at radius 2 is 2.18 bits per heavy atom. The van der Waals surface area contributed by atoms with Gasteiger partial charge in [-0.3, -0.25) is 4.79 Å². The second-order valence-corrected chi connectivity index (χ2v) is 4.73. The van der Waals surface area contributed by atoms with E-state index < -0.39 is 11.6 Å². The molecule has 0 saturated carbocycles. The van der Waals surface area contributed by atoms with Crippen molar-refractivity contribution >= 4 is 21.8 Å². The summed E-state index contributed by atoms with van der Waals surface area (Å²) in [6, 6.07) is 3.42. The molecule has 1 fully saturated rings. The lowest BCUT2D eigenvalue weighted by molar-refractivity contribution is 0.0750. The lowest BCUT2D eigenvalue weighted by Crippen LogP contribution is -2.36. The zero-order valence-corrected chi connectivity index (χ0v) is 10.7. The Morgan fingerprint density at radius 3 is 2.82 bits per heavy atom. The molecule has 1 aromatic rings. The molecule has 1 atom stereocenters. The monoisotopic (exact) mass is 303 g/mol. The number of rotatable bonds is 2. The Labute approximate surface area is 107 Å². The molecule has 1 saturated heterocycles. The molecule has 1 unspecified atom stereocenters. The number of amides is 1. The lowest BCUT2D eigenvalue weighted by atomic mass is 10.1. The molecule has 1 heterocycles. The smallest absolute Gasteiger partial charge is 0.254 e. The van der Waals surface area contributed by atoms with Crippen molar-refractivity contribution in [2.45, 2.75) is 18.9 Å². The van der Waals surface area contributed by atoms with Gasteiger partial charge in [-0.1, -0.05) is 15.9 Å². The van der Waals surface area contributed by atoms with Gasteiger partial charge in [-0.2, -0.15) is 0 Å². The van der Waals surface area contributed by atoms with Crippen LogP contribution in [0.4, 0.5) is 8.78 Å². The number of alkyl halides is 1. The number of carbonyl (C=O) groups is 1. The van der Waals surface area contributed by atoms with Crippen LogP contribution in [-0.4, -0.2) is 28.7 Å². The van der Waals surface area contributed by atoms with Crippen LogP contribution in [0.15, 0.2) is 18.2 Å². The van der Waals surface area contributed by atoms with Crippen molar-refractivity contribution in [1.29, 1.82) is 0 Å². The SMILES string of the molecule is O=C(c1ccc(F)c(F)c1)N1CCCC1CBr. The largest absolute Gasteiger partial charge is 0.335 e. The van der Waals surface area contributed by atoms with Crippen LogP contribution in [0, 0.1) is 11.6 Å². The molecule has 2 nitrogen and oxygen atoms in total. The highest BCUT2D eigenvalue weighted by Crippen LogP contribution is 2.22. The standard InChI is InChI=1S/C12H12BrF2NO/c13-7-9-2-1-5-16(9)12(17)8-3-4-10(14)11(15)6-8/h3-4,6,9H,1-2,5,7H2. The number of halogens is 3. The van der Waals surface area contributed by atoms with Crippen LogP contribution in [0.25, 0.3) is 0 Å². The van der Waals surface area contributed by atoms with E-state index in [4.69, 9.17) is 0 Å². The van der Waals surface area contributed by atoms with E-state index in [-0.39, 0.29) is 17.5 Å². The first-order chi connectivity index (χ1) is 8.13. The van der Waals surface area contributed by atoms with Crippen LogP contribution in [0.1, 0.15) is 23.2 Å². The van der Waals surface area contributed by atoms with Crippen LogP contribution >= 0.6 is 15.9 Å². The molecule has 92 valence electrons. The predicted octanol–water partition coefficient (Wildman–Crippen LogP) is 2.96. The van der Waals surface area contributed by atoms with Crippen molar-refractivity contribution in [2.24, 2.45) is 0 Å². The maximum Gasteiger partial charge on any atom is 0.254 e. The fraction of sp³-hybridized carbons (Fsp3) is 0.417. The average molecular weight is 304 g/mol. The van der Waals surface area contributed by atoms with Crippen molar-refractivity contribution in [3.63, 3.8) is 0 Å². The number of nitrogens with zero attached hydrogens (tertiary/aromatic N) is 1. The minimum absolute atomic E-state index is 0.149. The van der Waals surface area contributed by atoms with E-state index in [0.29, 0.717) is 11.9 Å². The first kappa shape index (κ1) is 12.5. The molecule has 17 heavy (non-hydrogen) atoms. The lowest BCUT2D eigenvalue weighted by Gasteiger charge is -2.23. The third-order valence-electron chi connectivity index (χ3n) is 2.98. The van der Waals surface area contributed by atoms with E-state index in [0.717, 1.165) is 25.0 Å². The van der Waals surface area contributed by atoms with Gasteiger partial charge in [0, 0.05) is 23.5 Å². The molecule has 0 bridgehead atoms. The van der Waals surface area contributed by atoms with Gasteiger partial charge in [0.1, 0.15) is 0 Å². The molecular formula is C12H12BrF2NO. The zero-order chi connectivity index (χ0) is 12.4. The number of carbonyl (C=O) groups excluding carboxylic acids is 1. The van der Waals surface area contributed by atoms with Gasteiger partial charge in [-0.15, -0.1) is 0 Å². The van der Waals surface area contributed by atoms with Crippen LogP contribution in [-0.2, 0) is 0 Å². The molecule has 0 aromatic heterocycles. The maximum atomic E-state index is 13.1. The first-order valence-corrected chi connectivity index (χ1v) is 6.57. The fourth-order valence-electron chi connectivity index (χ4n) is 2.06. The summed E-state index contributed by atoms with van der Waals surface area (Å²) in [4.78, 5) is 13.8. The molecule has 1 aliphatic rings. The van der Waals surface area contributed by atoms with E-state index in [9.17, 15) is 13.6 Å². The van der Waals surface area contributed by atoms with Crippen LogP contribution in [0.2, 0.25) is 0 Å². The molecule has 0 radical (unpaired) electrons. The van der Waals surface area contributed by atoms with Crippen LogP contribution in [0.5, 0.6) is 0 Å². The first-order valence-electron chi connectivity index (χ1n) is 5.45. The second-order valence-electron chi connectivity index (χ2n) is 4.08. The normalized spacial score (nSPS) is 19.7. The molecular weight excluding hydrogens is 292 g/mol. The Bertz CT molecular complexity index is 439. The Hall–Kier alpha value is -0.970. The van der Waals surface area contributed by atoms with Crippen LogP contribution < -0.4 is 0 Å². The minimum atomic E-state index is -0.981. The van der Waals surface area contributed by atoms with Crippen molar-refractivity contribution < 1.29 is 13.6 Å². The Kier molecular flexibility index (Phi) is 3.76. The van der Waals surface area contributed by atoms with Gasteiger partial charge < -0.3 is 4.90 Å². The fourth-order valence-corrected chi connectivity index (χ4v) is 2.73. The highest BCUT2D eigenvalue weighted by Gasteiger charge is 2.28. The Morgan fingerprint density at radius 1 is 1.41 bits per heavy atom. The summed E-state index contributed by atoms with van der Waals surface area (Å²) in [5.74, 6) is -2.14. The minimum Gasteiger partial charge on any atom is -0.335 e. The number of likely N-dealkylation sites (tertiary alicyclic amines) is 1.